The molecule has 1 aromatic rings. The van der Waals surface area contributed by atoms with Gasteiger partial charge < -0.3 is 4.74 Å². The van der Waals surface area contributed by atoms with Crippen LogP contribution in [0.3, 0.4) is 0 Å². The van der Waals surface area contributed by atoms with Gasteiger partial charge in [-0.25, -0.2) is 0 Å². The highest BCUT2D eigenvalue weighted by molar-refractivity contribution is 7.09. The third kappa shape index (κ3) is 4.88. The Kier molecular flexibility index (Phi) is 6.22. The predicted molar refractivity (Wildman–Crippen MR) is 71.1 cm³/mol. The topological polar surface area (TPSA) is 29.5 Å². The van der Waals surface area contributed by atoms with E-state index in [4.69, 9.17) is 4.74 Å². The van der Waals surface area contributed by atoms with Crippen LogP contribution < -0.4 is 0 Å². The number of carbonyl (C=O) groups is 1. The maximum absolute atomic E-state index is 11.6. The van der Waals surface area contributed by atoms with E-state index in [0.29, 0.717) is 6.61 Å². The van der Waals surface area contributed by atoms with Crippen molar-refractivity contribution in [2.45, 2.75) is 27.3 Å². The number of hydrogen-bond acceptors (Lipinski definition) is 4. The van der Waals surface area contributed by atoms with E-state index in [0.717, 1.165) is 19.6 Å². The Morgan fingerprint density at radius 2 is 2.29 bits per heavy atom. The summed E-state index contributed by atoms with van der Waals surface area (Å²) in [6.45, 7) is 8.96. The zero-order chi connectivity index (χ0) is 12.7. The second kappa shape index (κ2) is 7.45. The first-order valence-electron chi connectivity index (χ1n) is 6.08. The first-order chi connectivity index (χ1) is 8.17. The van der Waals surface area contributed by atoms with Gasteiger partial charge in [0.05, 0.1) is 12.5 Å². The molecule has 0 fully saturated rings. The standard InChI is InChI=1S/C13H21NO2S/c1-4-14(10-12-7-6-8-17-12)9-11(3)13(15)16-5-2/h6-8,11H,4-5,9-10H2,1-3H3. The zero-order valence-corrected chi connectivity index (χ0v) is 11.6. The summed E-state index contributed by atoms with van der Waals surface area (Å²) in [5.74, 6) is -0.160. The van der Waals surface area contributed by atoms with E-state index in [1.54, 1.807) is 11.3 Å². The molecule has 1 aromatic heterocycles. The Labute approximate surface area is 107 Å². The second-order valence-electron chi connectivity index (χ2n) is 4.06. The largest absolute Gasteiger partial charge is 0.466 e. The van der Waals surface area contributed by atoms with Crippen molar-refractivity contribution in [2.24, 2.45) is 5.92 Å². The molecule has 1 heterocycles. The Morgan fingerprint density at radius 1 is 1.53 bits per heavy atom. The Morgan fingerprint density at radius 3 is 2.82 bits per heavy atom. The highest BCUT2D eigenvalue weighted by atomic mass is 32.1. The molecule has 96 valence electrons. The van der Waals surface area contributed by atoms with Gasteiger partial charge in [0.1, 0.15) is 0 Å². The van der Waals surface area contributed by atoms with Crippen LogP contribution in [-0.4, -0.2) is 30.6 Å². The van der Waals surface area contributed by atoms with E-state index < -0.39 is 0 Å². The lowest BCUT2D eigenvalue weighted by molar-refractivity contribution is -0.148. The second-order valence-corrected chi connectivity index (χ2v) is 5.09. The van der Waals surface area contributed by atoms with Gasteiger partial charge in [-0.2, -0.15) is 0 Å². The number of ether oxygens (including phenoxy) is 1. The van der Waals surface area contributed by atoms with Crippen molar-refractivity contribution in [3.05, 3.63) is 22.4 Å². The first-order valence-corrected chi connectivity index (χ1v) is 6.96. The van der Waals surface area contributed by atoms with Crippen LogP contribution in [0.5, 0.6) is 0 Å². The summed E-state index contributed by atoms with van der Waals surface area (Å²) in [6, 6.07) is 4.19. The fraction of sp³-hybridized carbons (Fsp3) is 0.615. The Hall–Kier alpha value is -0.870. The molecule has 0 spiro atoms. The molecule has 0 aromatic carbocycles. The summed E-state index contributed by atoms with van der Waals surface area (Å²) < 4.78 is 5.02. The molecular weight excluding hydrogens is 234 g/mol. The molecule has 3 nitrogen and oxygen atoms in total. The van der Waals surface area contributed by atoms with Gasteiger partial charge in [0, 0.05) is 18.0 Å². The summed E-state index contributed by atoms with van der Waals surface area (Å²) in [6.07, 6.45) is 0. The summed E-state index contributed by atoms with van der Waals surface area (Å²) >= 11 is 1.75. The quantitative estimate of drug-likeness (QED) is 0.702. The minimum absolute atomic E-state index is 0.0603. The van der Waals surface area contributed by atoms with Gasteiger partial charge in [0.15, 0.2) is 0 Å². The number of esters is 1. The lowest BCUT2D eigenvalue weighted by Crippen LogP contribution is -2.32. The van der Waals surface area contributed by atoms with Crippen molar-refractivity contribution in [3.63, 3.8) is 0 Å². The SMILES string of the molecule is CCOC(=O)C(C)CN(CC)Cc1cccs1. The fourth-order valence-electron chi connectivity index (χ4n) is 1.67. The van der Waals surface area contributed by atoms with Crippen LogP contribution in [0.15, 0.2) is 17.5 Å². The molecule has 0 radical (unpaired) electrons. The van der Waals surface area contributed by atoms with E-state index >= 15 is 0 Å². The molecule has 0 saturated heterocycles. The molecule has 4 heteroatoms. The fourth-order valence-corrected chi connectivity index (χ4v) is 2.42. The van der Waals surface area contributed by atoms with Gasteiger partial charge in [-0.3, -0.25) is 9.69 Å². The van der Waals surface area contributed by atoms with E-state index in [1.165, 1.54) is 4.88 Å². The summed E-state index contributed by atoms with van der Waals surface area (Å²) in [5, 5.41) is 2.08. The number of carbonyl (C=O) groups excluding carboxylic acids is 1. The number of hydrogen-bond donors (Lipinski definition) is 0. The third-order valence-corrected chi connectivity index (χ3v) is 3.49. The minimum Gasteiger partial charge on any atom is -0.466 e. The van der Waals surface area contributed by atoms with Crippen LogP contribution in [0, 0.1) is 5.92 Å². The molecule has 0 N–H and O–H groups in total. The Balaban J connectivity index is 2.43. The van der Waals surface area contributed by atoms with Gasteiger partial charge in [0.25, 0.3) is 0 Å². The van der Waals surface area contributed by atoms with E-state index in [-0.39, 0.29) is 11.9 Å². The third-order valence-electron chi connectivity index (χ3n) is 2.63. The summed E-state index contributed by atoms with van der Waals surface area (Å²) in [4.78, 5) is 15.2. The van der Waals surface area contributed by atoms with Crippen molar-refractivity contribution in [2.75, 3.05) is 19.7 Å². The van der Waals surface area contributed by atoms with Crippen molar-refractivity contribution in [3.8, 4) is 0 Å². The van der Waals surface area contributed by atoms with Crippen LogP contribution >= 0.6 is 11.3 Å². The lowest BCUT2D eigenvalue weighted by Gasteiger charge is -2.22. The summed E-state index contributed by atoms with van der Waals surface area (Å²) in [5.41, 5.74) is 0. The molecule has 0 saturated carbocycles. The van der Waals surface area contributed by atoms with E-state index in [9.17, 15) is 4.79 Å². The molecule has 0 amide bonds. The van der Waals surface area contributed by atoms with Crippen LogP contribution in [0.25, 0.3) is 0 Å². The van der Waals surface area contributed by atoms with Crippen molar-refractivity contribution in [1.29, 1.82) is 0 Å². The average molecular weight is 255 g/mol. The predicted octanol–water partition coefficient (Wildman–Crippen LogP) is 2.77. The highest BCUT2D eigenvalue weighted by Gasteiger charge is 2.17. The van der Waals surface area contributed by atoms with Crippen LogP contribution in [0.1, 0.15) is 25.6 Å². The maximum atomic E-state index is 11.6. The Bertz CT molecular complexity index is 324. The van der Waals surface area contributed by atoms with Crippen molar-refractivity contribution >= 4 is 17.3 Å². The molecule has 1 unspecified atom stereocenters. The number of nitrogens with zero attached hydrogens (tertiary/aromatic N) is 1. The van der Waals surface area contributed by atoms with Gasteiger partial charge >= 0.3 is 5.97 Å². The number of rotatable bonds is 7. The van der Waals surface area contributed by atoms with Gasteiger partial charge in [-0.1, -0.05) is 19.9 Å². The molecule has 0 aliphatic rings. The molecule has 0 aliphatic heterocycles. The molecule has 17 heavy (non-hydrogen) atoms. The van der Waals surface area contributed by atoms with E-state index in [1.807, 2.05) is 13.8 Å². The monoisotopic (exact) mass is 255 g/mol. The maximum Gasteiger partial charge on any atom is 0.309 e. The lowest BCUT2D eigenvalue weighted by atomic mass is 10.1. The van der Waals surface area contributed by atoms with Crippen molar-refractivity contribution < 1.29 is 9.53 Å². The van der Waals surface area contributed by atoms with Crippen LogP contribution in [-0.2, 0) is 16.1 Å². The van der Waals surface area contributed by atoms with Crippen LogP contribution in [0.2, 0.25) is 0 Å². The smallest absolute Gasteiger partial charge is 0.309 e. The average Bonchev–Trinajstić information content (AvgIpc) is 2.81. The number of thiophene rings is 1. The van der Waals surface area contributed by atoms with Gasteiger partial charge in [-0.05, 0) is 24.9 Å². The normalized spacial score (nSPS) is 12.7. The molecule has 1 atom stereocenters. The van der Waals surface area contributed by atoms with Crippen LogP contribution in [0.4, 0.5) is 0 Å². The first kappa shape index (κ1) is 14.2. The summed E-state index contributed by atoms with van der Waals surface area (Å²) in [7, 11) is 0. The highest BCUT2D eigenvalue weighted by Crippen LogP contribution is 2.13. The van der Waals surface area contributed by atoms with Gasteiger partial charge in [0.2, 0.25) is 0 Å². The zero-order valence-electron chi connectivity index (χ0n) is 10.8. The minimum atomic E-state index is -0.0999. The molecule has 0 bridgehead atoms. The molecular formula is C13H21NO2S. The van der Waals surface area contributed by atoms with Gasteiger partial charge in [-0.15, -0.1) is 11.3 Å². The van der Waals surface area contributed by atoms with E-state index in [2.05, 4.69) is 29.3 Å². The van der Waals surface area contributed by atoms with Crippen molar-refractivity contribution in [1.82, 2.24) is 4.90 Å². The molecule has 1 rings (SSSR count). The molecule has 0 aliphatic carbocycles.